The first-order valence-corrected chi connectivity index (χ1v) is 12.0. The van der Waals surface area contributed by atoms with Crippen LogP contribution >= 0.6 is 0 Å². The standard InChI is InChI=1S/C27H42O2/c1-18(7-6-14-25(2,3)29)22-10-11-23-21-9-8-19-17-20(28)12-15-26(19,4)24(21)13-16-27(22,23)5/h6-9,18,20,22-24,28-29H,10-17H2,1-5H3/b7-6+/t18-,20+,22-,23+,24+,26+,27-/m1/s1. The SMILES string of the molecule is C[C@H](/C=C/CC(C)(C)O)[C@H]1CC[C@H]2C3=CC=C4C[C@@H](O)CC[C@]4(C)[C@H]3CC[C@]12C. The number of allylic oxidation sites excluding steroid dienone is 4. The number of aliphatic hydroxyl groups excluding tert-OH is 1. The largest absolute Gasteiger partial charge is 0.393 e. The van der Waals surface area contributed by atoms with E-state index in [9.17, 15) is 10.2 Å². The Hall–Kier alpha value is -0.860. The maximum atomic E-state index is 10.2. The van der Waals surface area contributed by atoms with Gasteiger partial charge in [-0.2, -0.15) is 0 Å². The molecular weight excluding hydrogens is 356 g/mol. The van der Waals surface area contributed by atoms with Crippen LogP contribution in [0.3, 0.4) is 0 Å². The zero-order valence-corrected chi connectivity index (χ0v) is 19.2. The predicted octanol–water partition coefficient (Wildman–Crippen LogP) is 6.20. The van der Waals surface area contributed by atoms with Gasteiger partial charge in [-0.1, -0.05) is 56.2 Å². The Balaban J connectivity index is 1.55. The summed E-state index contributed by atoms with van der Waals surface area (Å²) in [5.41, 5.74) is 3.30. The third kappa shape index (κ3) is 3.69. The molecular formula is C27H42O2. The average Bonchev–Trinajstić information content (AvgIpc) is 2.98. The van der Waals surface area contributed by atoms with Crippen LogP contribution in [0.4, 0.5) is 0 Å². The molecule has 0 radical (unpaired) electrons. The lowest BCUT2D eigenvalue weighted by atomic mass is 9.50. The number of hydrogen-bond donors (Lipinski definition) is 2. The highest BCUT2D eigenvalue weighted by atomic mass is 16.3. The van der Waals surface area contributed by atoms with E-state index in [2.05, 4.69) is 45.1 Å². The molecule has 0 aliphatic heterocycles. The number of rotatable bonds is 4. The third-order valence-electron chi connectivity index (χ3n) is 9.31. The summed E-state index contributed by atoms with van der Waals surface area (Å²) < 4.78 is 0. The van der Waals surface area contributed by atoms with Crippen molar-refractivity contribution in [3.05, 3.63) is 35.5 Å². The first kappa shape index (κ1) is 21.4. The van der Waals surface area contributed by atoms with Crippen molar-refractivity contribution in [2.75, 3.05) is 0 Å². The van der Waals surface area contributed by atoms with E-state index in [1.165, 1.54) is 31.3 Å². The molecule has 2 N–H and O–H groups in total. The molecule has 0 aromatic rings. The van der Waals surface area contributed by atoms with Crippen molar-refractivity contribution in [2.45, 2.75) is 97.7 Å². The van der Waals surface area contributed by atoms with Crippen LogP contribution in [0.5, 0.6) is 0 Å². The molecule has 0 heterocycles. The summed E-state index contributed by atoms with van der Waals surface area (Å²) in [7, 11) is 0. The highest BCUT2D eigenvalue weighted by Crippen LogP contribution is 2.65. The predicted molar refractivity (Wildman–Crippen MR) is 120 cm³/mol. The van der Waals surface area contributed by atoms with E-state index in [1.807, 2.05) is 13.8 Å². The van der Waals surface area contributed by atoms with Crippen LogP contribution in [0.2, 0.25) is 0 Å². The minimum absolute atomic E-state index is 0.134. The molecule has 7 atom stereocenters. The lowest BCUT2D eigenvalue weighted by Crippen LogP contribution is -2.46. The maximum absolute atomic E-state index is 10.2. The Morgan fingerprint density at radius 2 is 1.86 bits per heavy atom. The molecule has 3 saturated carbocycles. The Kier molecular flexibility index (Phi) is 5.44. The van der Waals surface area contributed by atoms with Crippen molar-refractivity contribution >= 4 is 0 Å². The molecule has 0 unspecified atom stereocenters. The monoisotopic (exact) mass is 398 g/mol. The van der Waals surface area contributed by atoms with Crippen molar-refractivity contribution < 1.29 is 10.2 Å². The van der Waals surface area contributed by atoms with Crippen molar-refractivity contribution in [1.82, 2.24) is 0 Å². The molecule has 162 valence electrons. The van der Waals surface area contributed by atoms with Gasteiger partial charge >= 0.3 is 0 Å². The second-order valence-corrected chi connectivity index (χ2v) is 11.8. The summed E-state index contributed by atoms with van der Waals surface area (Å²) in [5.74, 6) is 2.71. The Morgan fingerprint density at radius 1 is 1.10 bits per heavy atom. The molecule has 2 heteroatoms. The fraction of sp³-hybridized carbons (Fsp3) is 0.778. The van der Waals surface area contributed by atoms with Gasteiger partial charge in [-0.15, -0.1) is 0 Å². The van der Waals surface area contributed by atoms with Gasteiger partial charge in [0.1, 0.15) is 0 Å². The van der Waals surface area contributed by atoms with Gasteiger partial charge in [-0.3, -0.25) is 0 Å². The van der Waals surface area contributed by atoms with Crippen LogP contribution in [-0.2, 0) is 0 Å². The quantitative estimate of drug-likeness (QED) is 0.554. The minimum Gasteiger partial charge on any atom is -0.393 e. The fourth-order valence-electron chi connectivity index (χ4n) is 7.59. The van der Waals surface area contributed by atoms with Gasteiger partial charge in [0, 0.05) is 0 Å². The fourth-order valence-corrected chi connectivity index (χ4v) is 7.59. The van der Waals surface area contributed by atoms with Crippen molar-refractivity contribution in [3.63, 3.8) is 0 Å². The molecule has 0 spiro atoms. The van der Waals surface area contributed by atoms with Gasteiger partial charge in [0.15, 0.2) is 0 Å². The lowest BCUT2D eigenvalue weighted by molar-refractivity contribution is 0.0382. The topological polar surface area (TPSA) is 40.5 Å². The third-order valence-corrected chi connectivity index (χ3v) is 9.31. The van der Waals surface area contributed by atoms with Crippen molar-refractivity contribution in [2.24, 2.45) is 34.5 Å². The molecule has 4 rings (SSSR count). The Bertz CT molecular complexity index is 723. The van der Waals surface area contributed by atoms with Crippen LogP contribution in [0.15, 0.2) is 35.5 Å². The van der Waals surface area contributed by atoms with Gasteiger partial charge in [-0.05, 0) is 99.7 Å². The first-order chi connectivity index (χ1) is 13.5. The Morgan fingerprint density at radius 3 is 2.59 bits per heavy atom. The minimum atomic E-state index is -0.615. The second-order valence-electron chi connectivity index (χ2n) is 11.8. The van der Waals surface area contributed by atoms with Crippen LogP contribution in [0.25, 0.3) is 0 Å². The zero-order valence-electron chi connectivity index (χ0n) is 19.2. The van der Waals surface area contributed by atoms with Gasteiger partial charge in [0.2, 0.25) is 0 Å². The lowest BCUT2D eigenvalue weighted by Gasteiger charge is -2.55. The summed E-state index contributed by atoms with van der Waals surface area (Å²) in [6.45, 7) is 11.2. The molecule has 0 bridgehead atoms. The van der Waals surface area contributed by atoms with Crippen molar-refractivity contribution in [1.29, 1.82) is 0 Å². The van der Waals surface area contributed by atoms with Gasteiger partial charge in [0.05, 0.1) is 11.7 Å². The first-order valence-electron chi connectivity index (χ1n) is 12.0. The van der Waals surface area contributed by atoms with Gasteiger partial charge < -0.3 is 10.2 Å². The molecule has 0 amide bonds. The number of aliphatic hydroxyl groups is 2. The van der Waals surface area contributed by atoms with E-state index in [0.29, 0.717) is 17.3 Å². The van der Waals surface area contributed by atoms with Gasteiger partial charge in [0.25, 0.3) is 0 Å². The Labute approximate surface area is 178 Å². The smallest absolute Gasteiger partial charge is 0.0626 e. The molecule has 0 aromatic carbocycles. The number of fused-ring (bicyclic) bond motifs is 5. The van der Waals surface area contributed by atoms with E-state index >= 15 is 0 Å². The molecule has 2 nitrogen and oxygen atoms in total. The molecule has 3 fully saturated rings. The summed E-state index contributed by atoms with van der Waals surface area (Å²) in [5, 5.41) is 20.2. The summed E-state index contributed by atoms with van der Waals surface area (Å²) in [4.78, 5) is 0. The second kappa shape index (κ2) is 7.38. The van der Waals surface area contributed by atoms with E-state index in [4.69, 9.17) is 0 Å². The summed E-state index contributed by atoms with van der Waals surface area (Å²) in [6.07, 6.45) is 18.3. The molecule has 4 aliphatic rings. The molecule has 0 aromatic heterocycles. The van der Waals surface area contributed by atoms with E-state index < -0.39 is 5.60 Å². The molecule has 4 aliphatic carbocycles. The van der Waals surface area contributed by atoms with E-state index in [0.717, 1.165) is 37.5 Å². The van der Waals surface area contributed by atoms with Gasteiger partial charge in [-0.25, -0.2) is 0 Å². The summed E-state index contributed by atoms with van der Waals surface area (Å²) in [6, 6.07) is 0. The van der Waals surface area contributed by atoms with Crippen LogP contribution in [0, 0.1) is 34.5 Å². The number of hydrogen-bond acceptors (Lipinski definition) is 2. The highest BCUT2D eigenvalue weighted by Gasteiger charge is 2.56. The molecule has 0 saturated heterocycles. The zero-order chi connectivity index (χ0) is 21.0. The normalized spacial score (nSPS) is 43.3. The highest BCUT2D eigenvalue weighted by molar-refractivity contribution is 5.39. The van der Waals surface area contributed by atoms with E-state index in [1.54, 1.807) is 5.57 Å². The summed E-state index contributed by atoms with van der Waals surface area (Å²) >= 11 is 0. The van der Waals surface area contributed by atoms with Crippen LogP contribution in [0.1, 0.15) is 86.0 Å². The maximum Gasteiger partial charge on any atom is 0.0626 e. The van der Waals surface area contributed by atoms with E-state index in [-0.39, 0.29) is 11.5 Å². The van der Waals surface area contributed by atoms with Crippen LogP contribution < -0.4 is 0 Å². The van der Waals surface area contributed by atoms with Crippen molar-refractivity contribution in [3.8, 4) is 0 Å². The van der Waals surface area contributed by atoms with Crippen LogP contribution in [-0.4, -0.2) is 21.9 Å². The average molecular weight is 399 g/mol. The molecule has 29 heavy (non-hydrogen) atoms.